The normalized spacial score (nSPS) is 14.9. The van der Waals surface area contributed by atoms with Gasteiger partial charge in [0.15, 0.2) is 8.32 Å². The number of thioether (sulfide) groups is 1. The predicted octanol–water partition coefficient (Wildman–Crippen LogP) is 8.19. The Hall–Kier alpha value is -2.30. The van der Waals surface area contributed by atoms with Crippen molar-refractivity contribution >= 4 is 50.7 Å². The molecule has 1 aromatic carbocycles. The van der Waals surface area contributed by atoms with Crippen molar-refractivity contribution in [3.05, 3.63) is 68.9 Å². The third-order valence-electron chi connectivity index (χ3n) is 7.46. The van der Waals surface area contributed by atoms with Crippen molar-refractivity contribution in [1.82, 2.24) is 10.0 Å². The Morgan fingerprint density at radius 3 is 2.48 bits per heavy atom. The Kier molecular flexibility index (Phi) is 11.8. The van der Waals surface area contributed by atoms with Crippen LogP contribution in [0.4, 0.5) is 4.79 Å². The second-order valence-electron chi connectivity index (χ2n) is 13.2. The number of amides is 1. The highest BCUT2D eigenvalue weighted by Crippen LogP contribution is 2.38. The molecular formula is C32H46N2O4S2Si2. The molecule has 6 nitrogen and oxygen atoms in total. The minimum Gasteiger partial charge on any atom is -0.465 e. The molecule has 0 saturated heterocycles. The van der Waals surface area contributed by atoms with E-state index < -0.39 is 16.4 Å². The Morgan fingerprint density at radius 2 is 1.81 bits per heavy atom. The number of thiophene rings is 1. The van der Waals surface area contributed by atoms with Crippen LogP contribution in [0.15, 0.2) is 48.0 Å². The zero-order valence-electron chi connectivity index (χ0n) is 26.6. The number of hydrazine groups is 1. The van der Waals surface area contributed by atoms with Gasteiger partial charge in [-0.25, -0.2) is 9.80 Å². The summed E-state index contributed by atoms with van der Waals surface area (Å²) in [6, 6.07) is 12.3. The van der Waals surface area contributed by atoms with Crippen molar-refractivity contribution in [2.24, 2.45) is 0 Å². The first-order chi connectivity index (χ1) is 19.6. The highest BCUT2D eigenvalue weighted by Gasteiger charge is 2.39. The van der Waals surface area contributed by atoms with Crippen molar-refractivity contribution in [3.8, 4) is 11.5 Å². The van der Waals surface area contributed by atoms with Gasteiger partial charge in [-0.05, 0) is 78.0 Å². The van der Waals surface area contributed by atoms with Gasteiger partial charge in [0.05, 0.1) is 13.2 Å². The zero-order valence-corrected chi connectivity index (χ0v) is 30.2. The molecule has 2 aromatic rings. The maximum atomic E-state index is 12.9. The summed E-state index contributed by atoms with van der Waals surface area (Å²) in [5.74, 6) is 3.06. The quantitative estimate of drug-likeness (QED) is 0.140. The van der Waals surface area contributed by atoms with Crippen molar-refractivity contribution in [2.75, 3.05) is 20.2 Å². The fourth-order valence-electron chi connectivity index (χ4n) is 4.13. The van der Waals surface area contributed by atoms with Gasteiger partial charge in [-0.1, -0.05) is 58.5 Å². The molecule has 42 heavy (non-hydrogen) atoms. The smallest absolute Gasteiger partial charge is 0.348 e. The minimum absolute atomic E-state index is 0.00205. The van der Waals surface area contributed by atoms with Crippen LogP contribution in [0.1, 0.15) is 52.9 Å². The molecule has 1 aromatic heterocycles. The Morgan fingerprint density at radius 1 is 1.07 bits per heavy atom. The second kappa shape index (κ2) is 14.5. The lowest BCUT2D eigenvalue weighted by molar-refractivity contribution is 0.0567. The van der Waals surface area contributed by atoms with Gasteiger partial charge in [0, 0.05) is 36.2 Å². The Bertz CT molecular complexity index is 1330. The number of nitrogens with zero attached hydrogens (tertiary/aromatic N) is 2. The second-order valence-corrected chi connectivity index (χ2v) is 24.7. The number of carbonyl (C=O) groups excluding carboxylic acids is 2. The van der Waals surface area contributed by atoms with E-state index in [2.05, 4.69) is 89.2 Å². The lowest BCUT2D eigenvalue weighted by Crippen LogP contribution is -2.47. The van der Waals surface area contributed by atoms with E-state index in [1.54, 1.807) is 11.1 Å². The zero-order chi connectivity index (χ0) is 31.1. The Labute approximate surface area is 263 Å². The van der Waals surface area contributed by atoms with Crippen LogP contribution >= 0.6 is 23.1 Å². The maximum Gasteiger partial charge on any atom is 0.348 e. The molecule has 2 heterocycles. The van der Waals surface area contributed by atoms with E-state index in [9.17, 15) is 9.59 Å². The van der Waals surface area contributed by atoms with Crippen molar-refractivity contribution < 1.29 is 18.8 Å². The molecule has 0 N–H and O–H groups in total. The van der Waals surface area contributed by atoms with Crippen LogP contribution in [0.3, 0.4) is 0 Å². The van der Waals surface area contributed by atoms with E-state index in [1.807, 2.05) is 22.7 Å². The van der Waals surface area contributed by atoms with E-state index >= 15 is 0 Å². The first kappa shape index (κ1) is 34.2. The fraction of sp³-hybridized carbons (Fsp3) is 0.500. The summed E-state index contributed by atoms with van der Waals surface area (Å²) in [5.41, 5.74) is 5.75. The summed E-state index contributed by atoms with van der Waals surface area (Å²) < 4.78 is 11.8. The molecule has 10 heteroatoms. The van der Waals surface area contributed by atoms with Gasteiger partial charge in [-0.2, -0.15) is 0 Å². The molecule has 0 radical (unpaired) electrons. The maximum absolute atomic E-state index is 12.9. The molecule has 0 fully saturated rings. The minimum atomic E-state index is -2.04. The van der Waals surface area contributed by atoms with Crippen LogP contribution in [-0.2, 0) is 22.0 Å². The standard InChI is InChI=1S/C32H46N2O4S2Si2/c1-32(2,3)42(8,9)38-27(24-26-12-10-11-25(23-26)17-22-41(5,6)7)15-18-33-20-21-39-31(36)34(33)19-16-28-13-14-29(40-28)30(35)37-4/h10-14,20-21,23,27H,15-16,18-19,24H2,1-9H3. The number of methoxy groups -OCH3 is 1. The summed E-state index contributed by atoms with van der Waals surface area (Å²) in [6.07, 6.45) is 4.22. The topological polar surface area (TPSA) is 59.1 Å². The molecule has 1 unspecified atom stereocenters. The van der Waals surface area contributed by atoms with E-state index in [0.717, 1.165) is 23.3 Å². The SMILES string of the molecule is COC(=O)c1ccc(CCN2C(=O)SC=CN2CCC(Cc2cccc(C#C[Si](C)(C)C)c2)O[Si](C)(C)C(C)(C)C)s1. The van der Waals surface area contributed by atoms with Crippen LogP contribution < -0.4 is 0 Å². The van der Waals surface area contributed by atoms with Crippen LogP contribution in [-0.4, -0.2) is 63.9 Å². The average molecular weight is 643 g/mol. The van der Waals surface area contributed by atoms with Gasteiger partial charge in [-0.3, -0.25) is 9.80 Å². The molecule has 0 aliphatic carbocycles. The monoisotopic (exact) mass is 642 g/mol. The number of ether oxygens (including phenoxy) is 1. The summed E-state index contributed by atoms with van der Waals surface area (Å²) in [5, 5.41) is 5.76. The van der Waals surface area contributed by atoms with Crippen LogP contribution in [0.25, 0.3) is 0 Å². The van der Waals surface area contributed by atoms with E-state index in [0.29, 0.717) is 24.4 Å². The number of hydrogen-bond donors (Lipinski definition) is 0. The van der Waals surface area contributed by atoms with E-state index in [-0.39, 0.29) is 22.4 Å². The number of benzene rings is 1. The van der Waals surface area contributed by atoms with Crippen molar-refractivity contribution in [2.45, 2.75) is 83.9 Å². The number of rotatable bonds is 11. The van der Waals surface area contributed by atoms with Crippen LogP contribution in [0, 0.1) is 11.5 Å². The predicted molar refractivity (Wildman–Crippen MR) is 182 cm³/mol. The molecule has 0 saturated carbocycles. The fourth-order valence-corrected chi connectivity index (χ4v) is 7.59. The molecule has 228 valence electrons. The number of carbonyl (C=O) groups is 2. The van der Waals surface area contributed by atoms with Gasteiger partial charge in [0.1, 0.15) is 13.0 Å². The van der Waals surface area contributed by atoms with Gasteiger partial charge in [0.2, 0.25) is 0 Å². The van der Waals surface area contributed by atoms with Crippen molar-refractivity contribution in [3.63, 3.8) is 0 Å². The van der Waals surface area contributed by atoms with Gasteiger partial charge in [0.25, 0.3) is 0 Å². The third-order valence-corrected chi connectivity index (χ3v) is 14.7. The number of esters is 1. The van der Waals surface area contributed by atoms with Crippen molar-refractivity contribution in [1.29, 1.82) is 0 Å². The van der Waals surface area contributed by atoms with Gasteiger partial charge < -0.3 is 9.16 Å². The largest absolute Gasteiger partial charge is 0.465 e. The first-order valence-corrected chi connectivity index (χ1v) is 22.6. The van der Waals surface area contributed by atoms with Gasteiger partial charge in [-0.15, -0.1) is 16.9 Å². The van der Waals surface area contributed by atoms with E-state index in [1.165, 1.54) is 35.8 Å². The highest BCUT2D eigenvalue weighted by atomic mass is 32.2. The molecule has 1 aliphatic heterocycles. The summed E-state index contributed by atoms with van der Waals surface area (Å²) in [7, 11) is -2.12. The molecule has 0 spiro atoms. The summed E-state index contributed by atoms with van der Waals surface area (Å²) in [4.78, 5) is 26.4. The Balaban J connectivity index is 1.75. The molecular weight excluding hydrogens is 597 g/mol. The number of hydrogen-bond acceptors (Lipinski definition) is 7. The van der Waals surface area contributed by atoms with Crippen LogP contribution in [0.5, 0.6) is 0 Å². The molecule has 1 amide bonds. The third kappa shape index (κ3) is 10.2. The summed E-state index contributed by atoms with van der Waals surface area (Å²) in [6.45, 7) is 19.4. The summed E-state index contributed by atoms with van der Waals surface area (Å²) >= 11 is 2.61. The molecule has 3 rings (SSSR count). The molecule has 1 atom stereocenters. The molecule has 1 aliphatic rings. The lowest BCUT2D eigenvalue weighted by Gasteiger charge is -2.41. The molecule has 0 bridgehead atoms. The first-order valence-electron chi connectivity index (χ1n) is 14.5. The lowest BCUT2D eigenvalue weighted by atomic mass is 10.0. The van der Waals surface area contributed by atoms with Crippen LogP contribution in [0.2, 0.25) is 37.8 Å². The van der Waals surface area contributed by atoms with E-state index in [4.69, 9.17) is 9.16 Å². The average Bonchev–Trinajstić information content (AvgIpc) is 3.38. The van der Waals surface area contributed by atoms with Gasteiger partial charge >= 0.3 is 11.2 Å². The highest BCUT2D eigenvalue weighted by molar-refractivity contribution is 8.16.